The van der Waals surface area contributed by atoms with Crippen LogP contribution in [-0.4, -0.2) is 44.7 Å². The molecular formula is C16H17N3O6S2. The molecule has 1 amide bonds. The fraction of sp³-hybridized carbons (Fsp3) is 0.188. The molecule has 144 valence electrons. The van der Waals surface area contributed by atoms with Gasteiger partial charge < -0.3 is 9.64 Å². The highest BCUT2D eigenvalue weighted by atomic mass is 32.2. The van der Waals surface area contributed by atoms with Gasteiger partial charge in [-0.25, -0.2) is 8.42 Å². The second kappa shape index (κ2) is 8.27. The van der Waals surface area contributed by atoms with E-state index in [2.05, 4.69) is 4.72 Å². The number of nitrogens with one attached hydrogen (secondary N) is 1. The molecule has 0 heterocycles. The first-order chi connectivity index (χ1) is 12.6. The molecule has 0 aliphatic heterocycles. The van der Waals surface area contributed by atoms with E-state index >= 15 is 0 Å². The molecule has 2 rings (SSSR count). The van der Waals surface area contributed by atoms with E-state index in [4.69, 9.17) is 4.74 Å². The molecule has 11 heteroatoms. The number of nitro benzene ring substituents is 1. The molecule has 0 aromatic heterocycles. The zero-order valence-electron chi connectivity index (χ0n) is 14.7. The third kappa shape index (κ3) is 5.11. The number of rotatable bonds is 6. The number of nitro groups is 1. The quantitative estimate of drug-likeness (QED) is 0.440. The van der Waals surface area contributed by atoms with Gasteiger partial charge in [0.25, 0.3) is 20.9 Å². The fourth-order valence-corrected chi connectivity index (χ4v) is 3.94. The second-order valence-corrected chi connectivity index (χ2v) is 8.16. The summed E-state index contributed by atoms with van der Waals surface area (Å²) in [5.41, 5.74) is -0.424. The van der Waals surface area contributed by atoms with E-state index in [-0.39, 0.29) is 16.7 Å². The van der Waals surface area contributed by atoms with Crippen LogP contribution >= 0.6 is 11.8 Å². The predicted molar refractivity (Wildman–Crippen MR) is 102 cm³/mol. The monoisotopic (exact) mass is 411 g/mol. The number of amides is 1. The van der Waals surface area contributed by atoms with Crippen LogP contribution in [0.15, 0.2) is 52.3 Å². The van der Waals surface area contributed by atoms with Crippen LogP contribution in [0.4, 0.5) is 16.2 Å². The van der Waals surface area contributed by atoms with Crippen LogP contribution in [0.3, 0.4) is 0 Å². The molecule has 0 saturated carbocycles. The Balaban J connectivity index is 2.34. The largest absolute Gasteiger partial charge is 0.497 e. The van der Waals surface area contributed by atoms with Gasteiger partial charge in [0, 0.05) is 24.7 Å². The average molecular weight is 411 g/mol. The van der Waals surface area contributed by atoms with Crippen molar-refractivity contribution in [3.63, 3.8) is 0 Å². The summed E-state index contributed by atoms with van der Waals surface area (Å²) in [6, 6.07) is 9.65. The number of hydrogen-bond acceptors (Lipinski definition) is 7. The minimum atomic E-state index is -4.23. The number of methoxy groups -OCH3 is 1. The highest BCUT2D eigenvalue weighted by Gasteiger charge is 2.26. The Morgan fingerprint density at radius 2 is 1.93 bits per heavy atom. The SMILES string of the molecule is COc1ccc(S(=O)(=O)Nc2cccc(SC(=O)N(C)C)c2)c([N+](=O)[O-])c1. The summed E-state index contributed by atoms with van der Waals surface area (Å²) in [6.07, 6.45) is 0. The first-order valence-corrected chi connectivity index (χ1v) is 9.78. The number of thioether (sulfide) groups is 1. The zero-order valence-corrected chi connectivity index (χ0v) is 16.3. The minimum absolute atomic E-state index is 0.168. The van der Waals surface area contributed by atoms with Gasteiger partial charge >= 0.3 is 0 Å². The first-order valence-electron chi connectivity index (χ1n) is 7.48. The Hall–Kier alpha value is -2.79. The summed E-state index contributed by atoms with van der Waals surface area (Å²) >= 11 is 0.928. The molecule has 0 unspecified atom stereocenters. The summed E-state index contributed by atoms with van der Waals surface area (Å²) in [4.78, 5) is 23.6. The number of carbonyl (C=O) groups excluding carboxylic acids is 1. The van der Waals surface area contributed by atoms with E-state index in [1.807, 2.05) is 0 Å². The van der Waals surface area contributed by atoms with Crippen LogP contribution in [-0.2, 0) is 10.0 Å². The van der Waals surface area contributed by atoms with Gasteiger partial charge in [0.15, 0.2) is 4.90 Å². The number of benzene rings is 2. The standard InChI is InChI=1S/C16H17N3O6S2/c1-18(2)16(20)26-13-6-4-5-11(9-13)17-27(23,24)15-8-7-12(25-3)10-14(15)19(21)22/h4-10,17H,1-3H3. The van der Waals surface area contributed by atoms with Crippen LogP contribution in [0.5, 0.6) is 5.75 Å². The number of hydrogen-bond donors (Lipinski definition) is 1. The lowest BCUT2D eigenvalue weighted by Crippen LogP contribution is -2.16. The van der Waals surface area contributed by atoms with Crippen LogP contribution in [0.25, 0.3) is 0 Å². The average Bonchev–Trinajstić information content (AvgIpc) is 2.60. The van der Waals surface area contributed by atoms with Crippen molar-refractivity contribution in [3.05, 3.63) is 52.6 Å². The van der Waals surface area contributed by atoms with Crippen molar-refractivity contribution >= 4 is 38.4 Å². The maximum Gasteiger partial charge on any atom is 0.293 e. The number of nitrogens with zero attached hydrogens (tertiary/aromatic N) is 2. The molecule has 0 aliphatic rings. The van der Waals surface area contributed by atoms with Crippen LogP contribution in [0.2, 0.25) is 0 Å². The molecule has 0 aliphatic carbocycles. The highest BCUT2D eigenvalue weighted by Crippen LogP contribution is 2.30. The molecule has 27 heavy (non-hydrogen) atoms. The van der Waals surface area contributed by atoms with E-state index in [1.165, 1.54) is 30.2 Å². The first kappa shape index (κ1) is 20.5. The minimum Gasteiger partial charge on any atom is -0.497 e. The zero-order chi connectivity index (χ0) is 20.2. The molecule has 2 aromatic rings. The predicted octanol–water partition coefficient (Wildman–Crippen LogP) is 3.18. The van der Waals surface area contributed by atoms with Gasteiger partial charge in [0.05, 0.1) is 18.1 Å². The van der Waals surface area contributed by atoms with E-state index in [1.54, 1.807) is 26.2 Å². The van der Waals surface area contributed by atoms with E-state index < -0.39 is 25.5 Å². The molecule has 0 bridgehead atoms. The number of ether oxygens (including phenoxy) is 1. The molecule has 1 N–H and O–H groups in total. The van der Waals surface area contributed by atoms with Crippen molar-refractivity contribution in [2.45, 2.75) is 9.79 Å². The number of sulfonamides is 1. The van der Waals surface area contributed by atoms with Crippen molar-refractivity contribution < 1.29 is 22.9 Å². The van der Waals surface area contributed by atoms with Gasteiger partial charge in [-0.15, -0.1) is 0 Å². The van der Waals surface area contributed by atoms with Gasteiger partial charge in [0.2, 0.25) is 0 Å². The molecule has 0 fully saturated rings. The van der Waals surface area contributed by atoms with Crippen molar-refractivity contribution in [2.75, 3.05) is 25.9 Å². The molecule has 0 radical (unpaired) electrons. The Kier molecular flexibility index (Phi) is 6.28. The lowest BCUT2D eigenvalue weighted by Gasteiger charge is -2.12. The van der Waals surface area contributed by atoms with Crippen molar-refractivity contribution in [2.24, 2.45) is 0 Å². The fourth-order valence-electron chi connectivity index (χ4n) is 2.02. The normalized spacial score (nSPS) is 10.9. The van der Waals surface area contributed by atoms with Crippen molar-refractivity contribution in [1.82, 2.24) is 4.90 Å². The Bertz CT molecular complexity index is 976. The summed E-state index contributed by atoms with van der Waals surface area (Å²) in [5.74, 6) is 0.168. The third-order valence-electron chi connectivity index (χ3n) is 3.31. The van der Waals surface area contributed by atoms with Gasteiger partial charge in [0.1, 0.15) is 5.75 Å². The molecule has 9 nitrogen and oxygen atoms in total. The van der Waals surface area contributed by atoms with Crippen LogP contribution < -0.4 is 9.46 Å². The summed E-state index contributed by atoms with van der Waals surface area (Å²) in [7, 11) is 0.299. The van der Waals surface area contributed by atoms with Gasteiger partial charge in [-0.05, 0) is 42.1 Å². The van der Waals surface area contributed by atoms with E-state index in [9.17, 15) is 23.3 Å². The summed E-state index contributed by atoms with van der Waals surface area (Å²) in [5, 5.41) is 11.0. The Morgan fingerprint density at radius 3 is 2.52 bits per heavy atom. The Labute approximate surface area is 160 Å². The molecule has 0 atom stereocenters. The van der Waals surface area contributed by atoms with Gasteiger partial charge in [-0.1, -0.05) is 6.07 Å². The lowest BCUT2D eigenvalue weighted by atomic mass is 10.3. The molecular weight excluding hydrogens is 394 g/mol. The lowest BCUT2D eigenvalue weighted by molar-refractivity contribution is -0.387. The van der Waals surface area contributed by atoms with Crippen molar-refractivity contribution in [1.29, 1.82) is 0 Å². The maximum absolute atomic E-state index is 12.6. The topological polar surface area (TPSA) is 119 Å². The molecule has 0 spiro atoms. The third-order valence-corrected chi connectivity index (χ3v) is 5.77. The number of anilines is 1. The van der Waals surface area contributed by atoms with E-state index in [0.29, 0.717) is 4.90 Å². The maximum atomic E-state index is 12.6. The summed E-state index contributed by atoms with van der Waals surface area (Å²) < 4.78 is 32.5. The highest BCUT2D eigenvalue weighted by molar-refractivity contribution is 8.13. The smallest absolute Gasteiger partial charge is 0.293 e. The van der Waals surface area contributed by atoms with Crippen LogP contribution in [0, 0.1) is 10.1 Å². The van der Waals surface area contributed by atoms with Crippen molar-refractivity contribution in [3.8, 4) is 5.75 Å². The van der Waals surface area contributed by atoms with Gasteiger partial charge in [-0.3, -0.25) is 19.6 Å². The molecule has 0 saturated heterocycles. The summed E-state index contributed by atoms with van der Waals surface area (Å²) in [6.45, 7) is 0. The second-order valence-electron chi connectivity index (χ2n) is 5.49. The van der Waals surface area contributed by atoms with E-state index in [0.717, 1.165) is 23.9 Å². The molecule has 2 aromatic carbocycles. The van der Waals surface area contributed by atoms with Crippen LogP contribution in [0.1, 0.15) is 0 Å². The van der Waals surface area contributed by atoms with Gasteiger partial charge in [-0.2, -0.15) is 0 Å². The number of carbonyl (C=O) groups is 1. The Morgan fingerprint density at radius 1 is 1.22 bits per heavy atom.